The van der Waals surface area contributed by atoms with Crippen LogP contribution in [-0.4, -0.2) is 43.9 Å². The van der Waals surface area contributed by atoms with Crippen LogP contribution >= 0.6 is 0 Å². The largest absolute Gasteiger partial charge is 0.491 e. The third kappa shape index (κ3) is 4.45. The Hall–Kier alpha value is -3.05. The highest BCUT2D eigenvalue weighted by Crippen LogP contribution is 2.76. The van der Waals surface area contributed by atoms with Crippen molar-refractivity contribution in [3.05, 3.63) is 77.9 Å². The Kier molecular flexibility index (Phi) is 5.83. The molecule has 3 saturated carbocycles. The second-order valence-corrected chi connectivity index (χ2v) is 10.1. The van der Waals surface area contributed by atoms with Crippen LogP contribution in [-0.2, 0) is 17.6 Å². The van der Waals surface area contributed by atoms with Gasteiger partial charge in [-0.3, -0.25) is 0 Å². The third-order valence-corrected chi connectivity index (χ3v) is 7.38. The van der Waals surface area contributed by atoms with Crippen molar-refractivity contribution in [1.82, 2.24) is 14.8 Å². The molecule has 192 valence electrons. The number of nitrogens with zero attached hydrogens (tertiary/aromatic N) is 3. The predicted molar refractivity (Wildman–Crippen MR) is 117 cm³/mol. The molecule has 3 aromatic rings. The maximum Gasteiger partial charge on any atom is 0.417 e. The highest BCUT2D eigenvalue weighted by Gasteiger charge is 2.69. The summed E-state index contributed by atoms with van der Waals surface area (Å²) in [5.41, 5.74) is -0.988. The van der Waals surface area contributed by atoms with Gasteiger partial charge in [-0.2, -0.15) is 18.3 Å². The average molecular weight is 509 g/mol. The zero-order valence-electron chi connectivity index (χ0n) is 19.1. The van der Waals surface area contributed by atoms with Gasteiger partial charge in [0.1, 0.15) is 42.2 Å². The lowest BCUT2D eigenvalue weighted by molar-refractivity contribution is -0.210. The van der Waals surface area contributed by atoms with Crippen molar-refractivity contribution in [3.63, 3.8) is 0 Å². The predicted octanol–water partition coefficient (Wildman–Crippen LogP) is 4.26. The fourth-order valence-corrected chi connectivity index (χ4v) is 5.97. The number of rotatable bonds is 9. The summed E-state index contributed by atoms with van der Waals surface area (Å²) in [5.74, 6) is -1.34. The quantitative estimate of drug-likeness (QED) is 0.422. The van der Waals surface area contributed by atoms with Crippen LogP contribution < -0.4 is 4.74 Å². The van der Waals surface area contributed by atoms with Crippen molar-refractivity contribution < 1.29 is 36.9 Å². The highest BCUT2D eigenvalue weighted by molar-refractivity contribution is 5.42. The zero-order chi connectivity index (χ0) is 25.8. The molecule has 2 N–H and O–H groups in total. The Morgan fingerprint density at radius 3 is 2.33 bits per heavy atom. The van der Waals surface area contributed by atoms with Crippen molar-refractivity contribution in [3.8, 4) is 5.75 Å². The van der Waals surface area contributed by atoms with E-state index in [9.17, 15) is 27.1 Å². The molecular weight excluding hydrogens is 485 g/mol. The molecule has 1 heterocycles. The normalized spacial score (nSPS) is 25.4. The molecule has 6 nitrogen and oxygen atoms in total. The summed E-state index contributed by atoms with van der Waals surface area (Å²) >= 11 is 0. The molecule has 0 aliphatic heterocycles. The minimum absolute atomic E-state index is 0.000668. The molecule has 1 unspecified atom stereocenters. The van der Waals surface area contributed by atoms with Gasteiger partial charge < -0.3 is 14.9 Å². The number of ether oxygens (including phenoxy) is 1. The molecule has 36 heavy (non-hydrogen) atoms. The van der Waals surface area contributed by atoms with E-state index < -0.39 is 36.1 Å². The van der Waals surface area contributed by atoms with Gasteiger partial charge in [-0.05, 0) is 60.3 Å². The fourth-order valence-electron chi connectivity index (χ4n) is 5.97. The summed E-state index contributed by atoms with van der Waals surface area (Å²) in [7, 11) is 0. The Labute approximate surface area is 203 Å². The molecule has 1 aromatic heterocycles. The summed E-state index contributed by atoms with van der Waals surface area (Å²) in [6, 6.07) is 9.85. The number of hydrogen-bond acceptors (Lipinski definition) is 5. The SMILES string of the molecule is O[C@H](COc1ccc(C23CC(CC(O)(Cn4cncn4)c4ccc(F)cc4F)(C2)C3)cc1)C(F)(F)F. The maximum absolute atomic E-state index is 14.7. The lowest BCUT2D eigenvalue weighted by Crippen LogP contribution is -2.66. The first-order valence-corrected chi connectivity index (χ1v) is 11.4. The molecular formula is C25H24F5N3O3. The molecule has 0 radical (unpaired) electrons. The molecule has 0 amide bonds. The molecule has 11 heteroatoms. The number of aromatic nitrogens is 3. The van der Waals surface area contributed by atoms with E-state index in [0.717, 1.165) is 37.0 Å². The van der Waals surface area contributed by atoms with Gasteiger partial charge in [-0.25, -0.2) is 18.4 Å². The molecule has 0 spiro atoms. The first-order valence-electron chi connectivity index (χ1n) is 11.4. The lowest BCUT2D eigenvalue weighted by atomic mass is 9.32. The summed E-state index contributed by atoms with van der Waals surface area (Å²) in [6.07, 6.45) is -2.08. The van der Waals surface area contributed by atoms with Crippen LogP contribution in [0.5, 0.6) is 5.75 Å². The van der Waals surface area contributed by atoms with Crippen molar-refractivity contribution in [2.45, 2.75) is 55.5 Å². The van der Waals surface area contributed by atoms with E-state index in [4.69, 9.17) is 9.84 Å². The molecule has 2 atom stereocenters. The smallest absolute Gasteiger partial charge is 0.417 e. The second-order valence-electron chi connectivity index (χ2n) is 10.1. The molecule has 0 saturated heterocycles. The molecule has 3 fully saturated rings. The van der Waals surface area contributed by atoms with Crippen LogP contribution in [0.2, 0.25) is 0 Å². The lowest BCUT2D eigenvalue weighted by Gasteiger charge is -2.72. The van der Waals surface area contributed by atoms with Gasteiger partial charge in [0.05, 0.1) is 6.54 Å². The molecule has 6 rings (SSSR count). The van der Waals surface area contributed by atoms with E-state index in [-0.39, 0.29) is 35.1 Å². The Balaban J connectivity index is 1.27. The summed E-state index contributed by atoms with van der Waals surface area (Å²) in [4.78, 5) is 3.88. The zero-order valence-corrected chi connectivity index (χ0v) is 19.1. The third-order valence-electron chi connectivity index (χ3n) is 7.38. The van der Waals surface area contributed by atoms with Gasteiger partial charge in [0, 0.05) is 11.6 Å². The standard InChI is InChI=1S/C25H24F5N3O3/c26-17-3-6-19(20(27)7-17)24(35,13-33-15-31-14-32-33)12-22-9-23(10-22,11-22)16-1-4-18(5-2-16)36-8-21(34)25(28,29)30/h1-7,14-15,21,34-35H,8-13H2/t21-,22?,23?,24?/m1/s1. The average Bonchev–Trinajstić information content (AvgIpc) is 3.26. The molecule has 2 bridgehead atoms. The second kappa shape index (κ2) is 8.52. The summed E-state index contributed by atoms with van der Waals surface area (Å²) in [6.45, 7) is -0.929. The van der Waals surface area contributed by atoms with Gasteiger partial charge in [-0.15, -0.1) is 0 Å². The van der Waals surface area contributed by atoms with Crippen LogP contribution in [0.4, 0.5) is 22.0 Å². The van der Waals surface area contributed by atoms with E-state index >= 15 is 0 Å². The van der Waals surface area contributed by atoms with Gasteiger partial charge in [-0.1, -0.05) is 18.2 Å². The first-order chi connectivity index (χ1) is 16.9. The van der Waals surface area contributed by atoms with Crippen LogP contribution in [0.15, 0.2) is 55.1 Å². The number of aliphatic hydroxyl groups is 2. The van der Waals surface area contributed by atoms with Gasteiger partial charge in [0.25, 0.3) is 0 Å². The van der Waals surface area contributed by atoms with E-state index in [1.54, 1.807) is 24.3 Å². The Bertz CT molecular complexity index is 1210. The molecule has 3 aliphatic carbocycles. The fraction of sp³-hybridized carbons (Fsp3) is 0.440. The molecule has 3 aliphatic rings. The van der Waals surface area contributed by atoms with E-state index in [2.05, 4.69) is 10.1 Å². The number of hydrogen-bond donors (Lipinski definition) is 2. The number of aliphatic hydroxyl groups excluding tert-OH is 1. The van der Waals surface area contributed by atoms with Crippen molar-refractivity contribution >= 4 is 0 Å². The van der Waals surface area contributed by atoms with Crippen LogP contribution in [0.3, 0.4) is 0 Å². The van der Waals surface area contributed by atoms with Gasteiger partial charge in [0.15, 0.2) is 6.10 Å². The summed E-state index contributed by atoms with van der Waals surface area (Å²) < 4.78 is 72.0. The van der Waals surface area contributed by atoms with E-state index in [0.29, 0.717) is 0 Å². The topological polar surface area (TPSA) is 80.4 Å². The molecule has 2 aromatic carbocycles. The minimum atomic E-state index is -4.74. The number of alkyl halides is 3. The maximum atomic E-state index is 14.7. The number of halogens is 5. The first kappa shape index (κ1) is 24.6. The summed E-state index contributed by atoms with van der Waals surface area (Å²) in [5, 5.41) is 24.7. The van der Waals surface area contributed by atoms with Crippen LogP contribution in [0.25, 0.3) is 0 Å². The monoisotopic (exact) mass is 509 g/mol. The van der Waals surface area contributed by atoms with Gasteiger partial charge >= 0.3 is 6.18 Å². The van der Waals surface area contributed by atoms with Crippen molar-refractivity contribution in [2.24, 2.45) is 5.41 Å². The van der Waals surface area contributed by atoms with Crippen LogP contribution in [0.1, 0.15) is 36.8 Å². The van der Waals surface area contributed by atoms with Gasteiger partial charge in [0.2, 0.25) is 0 Å². The highest BCUT2D eigenvalue weighted by atomic mass is 19.4. The van der Waals surface area contributed by atoms with E-state index in [1.165, 1.54) is 23.4 Å². The Morgan fingerprint density at radius 2 is 1.75 bits per heavy atom. The van der Waals surface area contributed by atoms with Crippen LogP contribution in [0, 0.1) is 17.0 Å². The van der Waals surface area contributed by atoms with Crippen molar-refractivity contribution in [1.29, 1.82) is 0 Å². The Morgan fingerprint density at radius 1 is 1.06 bits per heavy atom. The number of benzene rings is 2. The minimum Gasteiger partial charge on any atom is -0.491 e. The van der Waals surface area contributed by atoms with E-state index in [1.807, 2.05) is 0 Å². The van der Waals surface area contributed by atoms with Crippen molar-refractivity contribution in [2.75, 3.05) is 6.61 Å².